The molecular weight excluding hydrogens is 311 g/mol. The molecule has 0 bridgehead atoms. The number of hydrogen-bond donors (Lipinski definition) is 1. The lowest BCUT2D eigenvalue weighted by Gasteiger charge is -2.17. The van der Waals surface area contributed by atoms with Gasteiger partial charge in [0.1, 0.15) is 5.15 Å². The van der Waals surface area contributed by atoms with Gasteiger partial charge in [0.05, 0.1) is 17.4 Å². The van der Waals surface area contributed by atoms with Crippen LogP contribution < -0.4 is 4.90 Å². The van der Waals surface area contributed by atoms with Crippen LogP contribution in [0.15, 0.2) is 12.3 Å². The Balaban J connectivity index is 2.45. The predicted molar refractivity (Wildman–Crippen MR) is 65.9 cm³/mol. The molecule has 0 aliphatic carbocycles. The number of nitrogens with zero attached hydrogens (tertiary/aromatic N) is 2. The molecule has 0 saturated carbocycles. The van der Waals surface area contributed by atoms with E-state index in [1.165, 1.54) is 17.2 Å². The SMILES string of the molecule is O=C(O)c1cc(Cl)ncc1N1CC(Br)CC1=O. The molecule has 0 spiro atoms. The summed E-state index contributed by atoms with van der Waals surface area (Å²) in [7, 11) is 0. The molecule has 1 aromatic heterocycles. The lowest BCUT2D eigenvalue weighted by molar-refractivity contribution is -0.117. The van der Waals surface area contributed by atoms with Crippen molar-refractivity contribution >= 4 is 45.1 Å². The number of rotatable bonds is 2. The number of halogens is 2. The van der Waals surface area contributed by atoms with E-state index >= 15 is 0 Å². The van der Waals surface area contributed by atoms with E-state index in [4.69, 9.17) is 16.7 Å². The fraction of sp³-hybridized carbons (Fsp3) is 0.300. The number of carboxylic acid groups (broad SMARTS) is 1. The van der Waals surface area contributed by atoms with Crippen LogP contribution in [0.4, 0.5) is 5.69 Å². The van der Waals surface area contributed by atoms with E-state index in [9.17, 15) is 9.59 Å². The number of aromatic carboxylic acids is 1. The normalized spacial score (nSPS) is 19.8. The van der Waals surface area contributed by atoms with Crippen LogP contribution >= 0.6 is 27.5 Å². The Morgan fingerprint density at radius 1 is 1.65 bits per heavy atom. The maximum absolute atomic E-state index is 11.7. The highest BCUT2D eigenvalue weighted by atomic mass is 79.9. The van der Waals surface area contributed by atoms with Crippen LogP contribution in [0.25, 0.3) is 0 Å². The largest absolute Gasteiger partial charge is 0.478 e. The van der Waals surface area contributed by atoms with Crippen molar-refractivity contribution in [3.8, 4) is 0 Å². The quantitative estimate of drug-likeness (QED) is 0.668. The van der Waals surface area contributed by atoms with Crippen molar-refractivity contribution in [3.63, 3.8) is 0 Å². The lowest BCUT2D eigenvalue weighted by atomic mass is 10.2. The zero-order valence-corrected chi connectivity index (χ0v) is 10.9. The summed E-state index contributed by atoms with van der Waals surface area (Å²) in [5.74, 6) is -1.26. The molecule has 1 unspecified atom stereocenters. The molecule has 90 valence electrons. The summed E-state index contributed by atoms with van der Waals surface area (Å²) in [6.45, 7) is 0.433. The zero-order valence-electron chi connectivity index (χ0n) is 8.56. The highest BCUT2D eigenvalue weighted by Crippen LogP contribution is 2.28. The van der Waals surface area contributed by atoms with Gasteiger partial charge in [0, 0.05) is 17.8 Å². The van der Waals surface area contributed by atoms with Gasteiger partial charge in [0.2, 0.25) is 5.91 Å². The molecule has 2 rings (SSSR count). The first-order chi connectivity index (χ1) is 7.99. The summed E-state index contributed by atoms with van der Waals surface area (Å²) in [5.41, 5.74) is 0.272. The maximum atomic E-state index is 11.7. The van der Waals surface area contributed by atoms with Crippen molar-refractivity contribution < 1.29 is 14.7 Å². The monoisotopic (exact) mass is 318 g/mol. The van der Waals surface area contributed by atoms with Gasteiger partial charge in [-0.15, -0.1) is 0 Å². The number of carbonyl (C=O) groups excluding carboxylic acids is 1. The van der Waals surface area contributed by atoms with Crippen molar-refractivity contribution in [1.82, 2.24) is 4.98 Å². The minimum atomic E-state index is -1.13. The van der Waals surface area contributed by atoms with E-state index in [-0.39, 0.29) is 27.1 Å². The van der Waals surface area contributed by atoms with Gasteiger partial charge in [-0.3, -0.25) is 4.79 Å². The molecule has 5 nitrogen and oxygen atoms in total. The molecule has 7 heteroatoms. The molecule has 1 amide bonds. The third-order valence-electron chi connectivity index (χ3n) is 2.45. The molecule has 1 N–H and O–H groups in total. The fourth-order valence-electron chi connectivity index (χ4n) is 1.71. The molecule has 1 atom stereocenters. The van der Waals surface area contributed by atoms with Crippen molar-refractivity contribution in [2.24, 2.45) is 0 Å². The van der Waals surface area contributed by atoms with E-state index in [0.717, 1.165) is 0 Å². The van der Waals surface area contributed by atoms with E-state index in [2.05, 4.69) is 20.9 Å². The zero-order chi connectivity index (χ0) is 12.6. The number of carboxylic acids is 1. The van der Waals surface area contributed by atoms with Crippen LogP contribution in [0.3, 0.4) is 0 Å². The minimum absolute atomic E-state index is 0.0139. The standard InChI is InChI=1S/C10H8BrClN2O3/c11-5-1-9(15)14(4-5)7-3-13-8(12)2-6(7)10(16)17/h2-3,5H,1,4H2,(H,16,17). The third kappa shape index (κ3) is 2.42. The van der Waals surface area contributed by atoms with Crippen LogP contribution in [0.5, 0.6) is 0 Å². The fourth-order valence-corrected chi connectivity index (χ4v) is 2.43. The highest BCUT2D eigenvalue weighted by Gasteiger charge is 2.31. The Labute approximate surface area is 111 Å². The third-order valence-corrected chi connectivity index (χ3v) is 3.27. The first kappa shape index (κ1) is 12.3. The van der Waals surface area contributed by atoms with E-state index in [1.54, 1.807) is 0 Å². The second-order valence-electron chi connectivity index (χ2n) is 3.64. The summed E-state index contributed by atoms with van der Waals surface area (Å²) >= 11 is 8.98. The Bertz CT molecular complexity index is 494. The van der Waals surface area contributed by atoms with Crippen LogP contribution in [-0.4, -0.2) is 33.3 Å². The second-order valence-corrected chi connectivity index (χ2v) is 5.32. The molecular formula is C10H8BrClN2O3. The van der Waals surface area contributed by atoms with E-state index in [0.29, 0.717) is 13.0 Å². The molecule has 1 saturated heterocycles. The summed E-state index contributed by atoms with van der Waals surface area (Å²) in [4.78, 5) is 28.0. The van der Waals surface area contributed by atoms with E-state index in [1.807, 2.05) is 0 Å². The summed E-state index contributed by atoms with van der Waals surface area (Å²) in [6.07, 6.45) is 1.66. The Morgan fingerprint density at radius 3 is 2.88 bits per heavy atom. The van der Waals surface area contributed by atoms with Crippen molar-refractivity contribution in [3.05, 3.63) is 23.0 Å². The number of amides is 1. The molecule has 0 radical (unpaired) electrons. The first-order valence-electron chi connectivity index (χ1n) is 4.82. The molecule has 1 aliphatic rings. The van der Waals surface area contributed by atoms with Crippen LogP contribution in [0.1, 0.15) is 16.8 Å². The lowest BCUT2D eigenvalue weighted by Crippen LogP contribution is -2.26. The minimum Gasteiger partial charge on any atom is -0.478 e. The number of pyridine rings is 1. The topological polar surface area (TPSA) is 70.5 Å². The molecule has 0 aromatic carbocycles. The average Bonchev–Trinajstić information content (AvgIpc) is 2.57. The predicted octanol–water partition coefficient (Wildman–Crippen LogP) is 1.93. The van der Waals surface area contributed by atoms with Gasteiger partial charge < -0.3 is 10.0 Å². The summed E-state index contributed by atoms with van der Waals surface area (Å²) < 4.78 is 0. The van der Waals surface area contributed by atoms with Crippen molar-refractivity contribution in [2.45, 2.75) is 11.2 Å². The molecule has 1 fully saturated rings. The van der Waals surface area contributed by atoms with Crippen LogP contribution in [0.2, 0.25) is 5.15 Å². The Morgan fingerprint density at radius 2 is 2.35 bits per heavy atom. The Hall–Kier alpha value is -1.14. The number of carbonyl (C=O) groups is 2. The molecule has 17 heavy (non-hydrogen) atoms. The van der Waals surface area contributed by atoms with Gasteiger partial charge in [-0.05, 0) is 6.07 Å². The first-order valence-corrected chi connectivity index (χ1v) is 6.11. The van der Waals surface area contributed by atoms with Crippen molar-refractivity contribution in [1.29, 1.82) is 0 Å². The van der Waals surface area contributed by atoms with Gasteiger partial charge in [-0.25, -0.2) is 9.78 Å². The number of aromatic nitrogens is 1. The second kappa shape index (κ2) is 4.62. The molecule has 2 heterocycles. The van der Waals surface area contributed by atoms with E-state index < -0.39 is 5.97 Å². The maximum Gasteiger partial charge on any atom is 0.337 e. The number of anilines is 1. The van der Waals surface area contributed by atoms with Gasteiger partial charge in [0.15, 0.2) is 0 Å². The average molecular weight is 320 g/mol. The van der Waals surface area contributed by atoms with Gasteiger partial charge in [-0.1, -0.05) is 27.5 Å². The Kier molecular flexibility index (Phi) is 3.35. The van der Waals surface area contributed by atoms with Gasteiger partial charge in [0.25, 0.3) is 0 Å². The molecule has 1 aromatic rings. The van der Waals surface area contributed by atoms with Crippen LogP contribution in [0, 0.1) is 0 Å². The summed E-state index contributed by atoms with van der Waals surface area (Å²) in [5, 5.41) is 9.16. The number of alkyl halides is 1. The van der Waals surface area contributed by atoms with Crippen molar-refractivity contribution in [2.75, 3.05) is 11.4 Å². The summed E-state index contributed by atoms with van der Waals surface area (Å²) in [6, 6.07) is 1.24. The highest BCUT2D eigenvalue weighted by molar-refractivity contribution is 9.09. The van der Waals surface area contributed by atoms with Gasteiger partial charge >= 0.3 is 5.97 Å². The smallest absolute Gasteiger partial charge is 0.337 e. The van der Waals surface area contributed by atoms with Crippen LogP contribution in [-0.2, 0) is 4.79 Å². The number of hydrogen-bond acceptors (Lipinski definition) is 3. The van der Waals surface area contributed by atoms with Gasteiger partial charge in [-0.2, -0.15) is 0 Å². The molecule has 1 aliphatic heterocycles.